The molecule has 1 aliphatic carbocycles. The average molecular weight is 283 g/mol. The van der Waals surface area contributed by atoms with Crippen molar-refractivity contribution in [2.45, 2.75) is 44.7 Å². The van der Waals surface area contributed by atoms with Crippen LogP contribution in [-0.2, 0) is 6.54 Å². The molecule has 1 N–H and O–H groups in total. The maximum Gasteiger partial charge on any atom is 0.0534 e. The summed E-state index contributed by atoms with van der Waals surface area (Å²) in [5.41, 5.74) is 1.44. The summed E-state index contributed by atoms with van der Waals surface area (Å²) in [7, 11) is 0. The van der Waals surface area contributed by atoms with Gasteiger partial charge in [-0.25, -0.2) is 0 Å². The SMILES string of the molecule is c1ccc(C(NCCn2cccn2)C2CCCCC2)cc1. The molecule has 0 saturated heterocycles. The Bertz CT molecular complexity index is 501. The molecule has 1 aliphatic rings. The van der Waals surface area contributed by atoms with Crippen LogP contribution < -0.4 is 5.32 Å². The highest BCUT2D eigenvalue weighted by atomic mass is 15.3. The fourth-order valence-electron chi connectivity index (χ4n) is 3.45. The highest BCUT2D eigenvalue weighted by Gasteiger charge is 2.24. The van der Waals surface area contributed by atoms with Gasteiger partial charge in [-0.2, -0.15) is 5.10 Å². The first-order chi connectivity index (χ1) is 10.4. The van der Waals surface area contributed by atoms with Crippen molar-refractivity contribution >= 4 is 0 Å². The van der Waals surface area contributed by atoms with Gasteiger partial charge in [0.05, 0.1) is 6.54 Å². The van der Waals surface area contributed by atoms with Crippen molar-refractivity contribution in [1.82, 2.24) is 15.1 Å². The molecule has 0 spiro atoms. The molecule has 3 heteroatoms. The molecule has 1 fully saturated rings. The highest BCUT2D eigenvalue weighted by Crippen LogP contribution is 2.34. The summed E-state index contributed by atoms with van der Waals surface area (Å²) >= 11 is 0. The zero-order valence-corrected chi connectivity index (χ0v) is 12.6. The third-order valence-electron chi connectivity index (χ3n) is 4.54. The Kier molecular flexibility index (Phi) is 5.06. The molecule has 1 aromatic carbocycles. The van der Waals surface area contributed by atoms with Crippen LogP contribution in [0.2, 0.25) is 0 Å². The van der Waals surface area contributed by atoms with Gasteiger partial charge >= 0.3 is 0 Å². The average Bonchev–Trinajstić information content (AvgIpc) is 3.07. The van der Waals surface area contributed by atoms with E-state index in [0.29, 0.717) is 6.04 Å². The Labute approximate surface area is 127 Å². The van der Waals surface area contributed by atoms with Crippen molar-refractivity contribution in [2.75, 3.05) is 6.54 Å². The predicted octanol–water partition coefficient (Wildman–Crippen LogP) is 3.79. The standard InChI is InChI=1S/C18H25N3/c1-3-8-16(9-4-1)18(17-10-5-2-6-11-17)19-13-15-21-14-7-12-20-21/h1,3-4,7-9,12,14,17-19H,2,5-6,10-11,13,15H2. The lowest BCUT2D eigenvalue weighted by Crippen LogP contribution is -2.32. The summed E-state index contributed by atoms with van der Waals surface area (Å²) in [6.45, 7) is 1.90. The minimum Gasteiger partial charge on any atom is -0.308 e. The second kappa shape index (κ2) is 7.41. The Hall–Kier alpha value is -1.61. The summed E-state index contributed by atoms with van der Waals surface area (Å²) in [5.74, 6) is 0.777. The van der Waals surface area contributed by atoms with Gasteiger partial charge in [0.15, 0.2) is 0 Å². The minimum absolute atomic E-state index is 0.488. The molecule has 1 heterocycles. The summed E-state index contributed by atoms with van der Waals surface area (Å²) in [5, 5.41) is 8.06. The van der Waals surface area contributed by atoms with Crippen LogP contribution >= 0.6 is 0 Å². The van der Waals surface area contributed by atoms with Crippen LogP contribution in [0.15, 0.2) is 48.8 Å². The quantitative estimate of drug-likeness (QED) is 0.874. The number of nitrogens with zero attached hydrogens (tertiary/aromatic N) is 2. The fraction of sp³-hybridized carbons (Fsp3) is 0.500. The van der Waals surface area contributed by atoms with Gasteiger partial charge < -0.3 is 5.32 Å². The number of rotatable bonds is 6. The molecule has 2 aromatic rings. The maximum atomic E-state index is 4.28. The van der Waals surface area contributed by atoms with E-state index in [1.165, 1.54) is 37.7 Å². The zero-order chi connectivity index (χ0) is 14.3. The van der Waals surface area contributed by atoms with Crippen LogP contribution in [0.25, 0.3) is 0 Å². The molecule has 0 aliphatic heterocycles. The number of aromatic nitrogens is 2. The molecule has 1 aromatic heterocycles. The van der Waals surface area contributed by atoms with E-state index in [4.69, 9.17) is 0 Å². The minimum atomic E-state index is 0.488. The van der Waals surface area contributed by atoms with Crippen LogP contribution in [0.3, 0.4) is 0 Å². The molecule has 3 nitrogen and oxygen atoms in total. The van der Waals surface area contributed by atoms with E-state index in [2.05, 4.69) is 40.7 Å². The molecule has 1 unspecified atom stereocenters. The van der Waals surface area contributed by atoms with Crippen molar-refractivity contribution in [3.8, 4) is 0 Å². The van der Waals surface area contributed by atoms with E-state index in [1.807, 2.05) is 23.1 Å². The largest absolute Gasteiger partial charge is 0.308 e. The summed E-state index contributed by atoms with van der Waals surface area (Å²) < 4.78 is 2.00. The maximum absolute atomic E-state index is 4.28. The van der Waals surface area contributed by atoms with Gasteiger partial charge in [0, 0.05) is 25.0 Å². The smallest absolute Gasteiger partial charge is 0.0534 e. The monoisotopic (exact) mass is 283 g/mol. The van der Waals surface area contributed by atoms with Gasteiger partial charge in [0.25, 0.3) is 0 Å². The molecule has 0 amide bonds. The van der Waals surface area contributed by atoms with E-state index in [9.17, 15) is 0 Å². The molecule has 21 heavy (non-hydrogen) atoms. The summed E-state index contributed by atoms with van der Waals surface area (Å²) in [4.78, 5) is 0. The van der Waals surface area contributed by atoms with Crippen molar-refractivity contribution in [3.05, 3.63) is 54.4 Å². The Morgan fingerprint density at radius 1 is 1.10 bits per heavy atom. The summed E-state index contributed by atoms with van der Waals surface area (Å²) in [6, 6.07) is 13.4. The van der Waals surface area contributed by atoms with E-state index < -0.39 is 0 Å². The third kappa shape index (κ3) is 3.94. The van der Waals surface area contributed by atoms with Crippen molar-refractivity contribution in [3.63, 3.8) is 0 Å². The Morgan fingerprint density at radius 2 is 1.90 bits per heavy atom. The second-order valence-electron chi connectivity index (χ2n) is 6.01. The summed E-state index contributed by atoms with van der Waals surface area (Å²) in [6.07, 6.45) is 10.8. The molecule has 3 rings (SSSR count). The van der Waals surface area contributed by atoms with Crippen molar-refractivity contribution in [1.29, 1.82) is 0 Å². The number of benzene rings is 1. The fourth-order valence-corrected chi connectivity index (χ4v) is 3.45. The van der Waals surface area contributed by atoms with Gasteiger partial charge in [0.2, 0.25) is 0 Å². The topological polar surface area (TPSA) is 29.9 Å². The first-order valence-electron chi connectivity index (χ1n) is 8.19. The third-order valence-corrected chi connectivity index (χ3v) is 4.54. The first kappa shape index (κ1) is 14.3. The van der Waals surface area contributed by atoms with Gasteiger partial charge in [-0.15, -0.1) is 0 Å². The second-order valence-corrected chi connectivity index (χ2v) is 6.01. The van der Waals surface area contributed by atoms with Crippen LogP contribution in [0, 0.1) is 5.92 Å². The van der Waals surface area contributed by atoms with Crippen LogP contribution in [0.4, 0.5) is 0 Å². The van der Waals surface area contributed by atoms with E-state index in [0.717, 1.165) is 19.0 Å². The predicted molar refractivity (Wildman–Crippen MR) is 86.0 cm³/mol. The lowest BCUT2D eigenvalue weighted by Gasteiger charge is -2.31. The normalized spacial score (nSPS) is 17.7. The number of hydrogen-bond acceptors (Lipinski definition) is 2. The molecule has 1 atom stereocenters. The molecular formula is C18H25N3. The number of hydrogen-bond donors (Lipinski definition) is 1. The molecule has 0 bridgehead atoms. The van der Waals surface area contributed by atoms with E-state index in [1.54, 1.807) is 0 Å². The van der Waals surface area contributed by atoms with Gasteiger partial charge in [-0.1, -0.05) is 49.6 Å². The van der Waals surface area contributed by atoms with Gasteiger partial charge in [0.1, 0.15) is 0 Å². The van der Waals surface area contributed by atoms with Crippen molar-refractivity contribution in [2.24, 2.45) is 5.92 Å². The molecule has 1 saturated carbocycles. The lowest BCUT2D eigenvalue weighted by molar-refractivity contribution is 0.268. The Balaban J connectivity index is 1.63. The van der Waals surface area contributed by atoms with Gasteiger partial charge in [-0.05, 0) is 30.4 Å². The lowest BCUT2D eigenvalue weighted by atomic mass is 9.81. The zero-order valence-electron chi connectivity index (χ0n) is 12.6. The van der Waals surface area contributed by atoms with E-state index >= 15 is 0 Å². The van der Waals surface area contributed by atoms with Gasteiger partial charge in [-0.3, -0.25) is 4.68 Å². The van der Waals surface area contributed by atoms with Crippen LogP contribution in [-0.4, -0.2) is 16.3 Å². The number of nitrogens with one attached hydrogen (secondary N) is 1. The first-order valence-corrected chi connectivity index (χ1v) is 8.19. The van der Waals surface area contributed by atoms with Crippen LogP contribution in [0.5, 0.6) is 0 Å². The molecule has 112 valence electrons. The molecule has 0 radical (unpaired) electrons. The van der Waals surface area contributed by atoms with Crippen LogP contribution in [0.1, 0.15) is 43.7 Å². The highest BCUT2D eigenvalue weighted by molar-refractivity contribution is 5.19. The van der Waals surface area contributed by atoms with Crippen molar-refractivity contribution < 1.29 is 0 Å². The Morgan fingerprint density at radius 3 is 2.62 bits per heavy atom. The van der Waals surface area contributed by atoms with E-state index in [-0.39, 0.29) is 0 Å². The molecular weight excluding hydrogens is 258 g/mol.